The lowest BCUT2D eigenvalue weighted by Crippen LogP contribution is -2.40. The number of rotatable bonds is 6. The molecule has 1 aliphatic rings. The van der Waals surface area contributed by atoms with Gasteiger partial charge in [0.25, 0.3) is 0 Å². The van der Waals surface area contributed by atoms with E-state index in [2.05, 4.69) is 51.7 Å². The van der Waals surface area contributed by atoms with Crippen LogP contribution in [0.1, 0.15) is 30.0 Å². The third-order valence-corrected chi connectivity index (χ3v) is 5.63. The van der Waals surface area contributed by atoms with E-state index in [0.29, 0.717) is 0 Å². The number of anilines is 1. The lowest BCUT2D eigenvalue weighted by Gasteiger charge is -2.26. The van der Waals surface area contributed by atoms with Crippen LogP contribution in [0.15, 0.2) is 24.3 Å². The summed E-state index contributed by atoms with van der Waals surface area (Å²) in [7, 11) is 0. The molecule has 2 aromatic heterocycles. The molecule has 1 saturated heterocycles. The van der Waals surface area contributed by atoms with Crippen molar-refractivity contribution in [3.63, 3.8) is 0 Å². The van der Waals surface area contributed by atoms with Crippen molar-refractivity contribution in [2.45, 2.75) is 26.7 Å². The van der Waals surface area contributed by atoms with Gasteiger partial charge in [-0.2, -0.15) is 9.66 Å². The molecule has 0 unspecified atom stereocenters. The molecule has 1 aromatic carbocycles. The van der Waals surface area contributed by atoms with E-state index in [1.165, 1.54) is 5.56 Å². The average molecular weight is 379 g/mol. The highest BCUT2D eigenvalue weighted by Crippen LogP contribution is 2.26. The number of benzene rings is 1. The van der Waals surface area contributed by atoms with Crippen molar-refractivity contribution in [2.75, 3.05) is 44.7 Å². The second-order valence-corrected chi connectivity index (χ2v) is 7.40. The number of morpholine rings is 1. The van der Waals surface area contributed by atoms with Crippen LogP contribution in [-0.2, 0) is 11.2 Å². The third-order valence-electron chi connectivity index (χ3n) is 5.63. The number of hydrogen-bond donors (Lipinski definition) is 2. The Labute approximate surface area is 165 Å². The Kier molecular flexibility index (Phi) is 5.47. The van der Waals surface area contributed by atoms with Gasteiger partial charge in [-0.3, -0.25) is 9.88 Å². The summed E-state index contributed by atoms with van der Waals surface area (Å²) in [6.45, 7) is 9.73. The monoisotopic (exact) mass is 378 g/mol. The fourth-order valence-electron chi connectivity index (χ4n) is 4.16. The topological polar surface area (TPSA) is 68.2 Å². The molecule has 0 bridgehead atoms. The zero-order valence-electron chi connectivity index (χ0n) is 16.7. The summed E-state index contributed by atoms with van der Waals surface area (Å²) in [6.07, 6.45) is 1.99. The molecular weight excluding hydrogens is 350 g/mol. The normalized spacial score (nSPS) is 15.2. The van der Waals surface area contributed by atoms with Crippen LogP contribution in [-0.4, -0.2) is 49.3 Å². The van der Waals surface area contributed by atoms with Crippen LogP contribution >= 0.6 is 0 Å². The molecule has 6 nitrogen and oxygen atoms in total. The first-order valence-corrected chi connectivity index (χ1v) is 10.2. The Morgan fingerprint density at radius 2 is 2.07 bits per heavy atom. The highest BCUT2D eigenvalue weighted by molar-refractivity contribution is 5.78. The van der Waals surface area contributed by atoms with E-state index in [-0.39, 0.29) is 0 Å². The maximum absolute atomic E-state index is 9.85. The van der Waals surface area contributed by atoms with Crippen LogP contribution in [0, 0.1) is 18.3 Å². The van der Waals surface area contributed by atoms with E-state index < -0.39 is 0 Å². The first-order chi connectivity index (χ1) is 13.7. The maximum atomic E-state index is 9.85. The lowest BCUT2D eigenvalue weighted by atomic mass is 10.0. The zero-order chi connectivity index (χ0) is 19.5. The molecule has 0 amide bonds. The van der Waals surface area contributed by atoms with Crippen molar-refractivity contribution in [1.82, 2.24) is 9.88 Å². The van der Waals surface area contributed by atoms with Gasteiger partial charge in [0.1, 0.15) is 22.7 Å². The molecule has 4 rings (SSSR count). The molecule has 0 atom stereocenters. The smallest absolute Gasteiger partial charge is 0.250 e. The van der Waals surface area contributed by atoms with E-state index in [1.54, 1.807) is 0 Å². The fraction of sp³-hybridized carbons (Fsp3) is 0.455. The molecule has 0 saturated carbocycles. The molecule has 1 aliphatic heterocycles. The van der Waals surface area contributed by atoms with Gasteiger partial charge < -0.3 is 10.1 Å². The minimum absolute atomic E-state index is 0.735. The van der Waals surface area contributed by atoms with Crippen molar-refractivity contribution in [3.05, 3.63) is 41.0 Å². The number of aromatic amines is 1. The first-order valence-electron chi connectivity index (χ1n) is 10.2. The van der Waals surface area contributed by atoms with Gasteiger partial charge >= 0.3 is 0 Å². The summed E-state index contributed by atoms with van der Waals surface area (Å²) >= 11 is 0. The van der Waals surface area contributed by atoms with Crippen LogP contribution in [0.25, 0.3) is 16.7 Å². The minimum atomic E-state index is 0.735. The van der Waals surface area contributed by atoms with Gasteiger partial charge in [0.05, 0.1) is 19.8 Å². The van der Waals surface area contributed by atoms with E-state index in [1.807, 2.05) is 12.1 Å². The van der Waals surface area contributed by atoms with Gasteiger partial charge in [-0.25, -0.2) is 0 Å². The van der Waals surface area contributed by atoms with Gasteiger partial charge in [-0.1, -0.05) is 25.5 Å². The summed E-state index contributed by atoms with van der Waals surface area (Å²) in [5, 5.41) is 13.6. The molecule has 146 valence electrons. The first kappa shape index (κ1) is 18.7. The molecule has 3 heterocycles. The Bertz CT molecular complexity index is 1030. The van der Waals surface area contributed by atoms with E-state index in [0.717, 1.165) is 85.9 Å². The predicted molar refractivity (Wildman–Crippen MR) is 111 cm³/mol. The highest BCUT2D eigenvalue weighted by Gasteiger charge is 2.25. The second kappa shape index (κ2) is 8.17. The number of pyridine rings is 1. The number of H-pyrrole nitrogens is 1. The van der Waals surface area contributed by atoms with Crippen LogP contribution in [0.5, 0.6) is 0 Å². The summed E-state index contributed by atoms with van der Waals surface area (Å²) in [5.41, 5.74) is 6.06. The number of nitriles is 1. The van der Waals surface area contributed by atoms with Crippen molar-refractivity contribution in [1.29, 1.82) is 5.26 Å². The molecule has 0 spiro atoms. The number of nitrogens with zero attached hydrogens (tertiary/aromatic N) is 3. The summed E-state index contributed by atoms with van der Waals surface area (Å²) < 4.78 is 7.65. The van der Waals surface area contributed by atoms with Crippen LogP contribution in [0.3, 0.4) is 0 Å². The highest BCUT2D eigenvalue weighted by atomic mass is 16.5. The number of nitrogens with one attached hydrogen (secondary N) is 2. The summed E-state index contributed by atoms with van der Waals surface area (Å²) in [6, 6.07) is 10.7. The van der Waals surface area contributed by atoms with Crippen molar-refractivity contribution < 1.29 is 9.14 Å². The van der Waals surface area contributed by atoms with Gasteiger partial charge in [-0.05, 0) is 31.0 Å². The Morgan fingerprint density at radius 1 is 1.29 bits per heavy atom. The predicted octanol–water partition coefficient (Wildman–Crippen LogP) is 2.78. The van der Waals surface area contributed by atoms with Gasteiger partial charge in [-0.15, -0.1) is 0 Å². The standard InChI is InChI=1S/C22H27N5O/c1-3-6-17-16(2)18(15-23)22-25-19-7-4-5-8-20(19)27(22)21(17)24-9-10-26-11-13-28-14-12-26/h4-5,7-8H,3,6,9-14H2,1-2H3,(H,24,25)/p+1. The summed E-state index contributed by atoms with van der Waals surface area (Å²) in [4.78, 5) is 5.90. The molecule has 6 heteroatoms. The number of hydrogen-bond acceptors (Lipinski definition) is 4. The van der Waals surface area contributed by atoms with Crippen LogP contribution in [0.4, 0.5) is 5.82 Å². The minimum Gasteiger partial charge on any atom is -0.379 e. The van der Waals surface area contributed by atoms with E-state index in [9.17, 15) is 5.26 Å². The third kappa shape index (κ3) is 3.32. The average Bonchev–Trinajstić information content (AvgIpc) is 3.10. The van der Waals surface area contributed by atoms with Crippen molar-refractivity contribution >= 4 is 22.5 Å². The van der Waals surface area contributed by atoms with E-state index in [4.69, 9.17) is 4.74 Å². The molecular formula is C22H28N5O+. The quantitative estimate of drug-likeness (QED) is 0.647. The molecule has 2 N–H and O–H groups in total. The molecule has 0 radical (unpaired) electrons. The molecule has 3 aromatic rings. The Morgan fingerprint density at radius 3 is 2.82 bits per heavy atom. The van der Waals surface area contributed by atoms with Crippen molar-refractivity contribution in [2.24, 2.45) is 0 Å². The number of aromatic nitrogens is 2. The van der Waals surface area contributed by atoms with Gasteiger partial charge in [0.2, 0.25) is 11.5 Å². The van der Waals surface area contributed by atoms with Crippen LogP contribution in [0.2, 0.25) is 0 Å². The SMILES string of the molecule is CCCc1c(C)c(C#N)c2[nH]c3ccccc3[n+]2c1NCCN1CCOCC1. The molecule has 28 heavy (non-hydrogen) atoms. The second-order valence-electron chi connectivity index (χ2n) is 7.40. The molecule has 1 fully saturated rings. The zero-order valence-corrected chi connectivity index (χ0v) is 16.7. The van der Waals surface area contributed by atoms with E-state index >= 15 is 0 Å². The number of fused-ring (bicyclic) bond motifs is 3. The summed E-state index contributed by atoms with van der Waals surface area (Å²) in [5.74, 6) is 1.11. The Hall–Kier alpha value is -2.62. The van der Waals surface area contributed by atoms with Gasteiger partial charge in [0, 0.05) is 25.2 Å². The van der Waals surface area contributed by atoms with Gasteiger partial charge in [0.15, 0.2) is 0 Å². The molecule has 0 aliphatic carbocycles. The Balaban J connectivity index is 1.79. The lowest BCUT2D eigenvalue weighted by molar-refractivity contribution is -0.465. The van der Waals surface area contributed by atoms with Crippen molar-refractivity contribution in [3.8, 4) is 6.07 Å². The number of para-hydroxylation sites is 2. The number of imidazole rings is 1. The largest absolute Gasteiger partial charge is 0.379 e. The fourth-order valence-corrected chi connectivity index (χ4v) is 4.16. The number of ether oxygens (including phenoxy) is 1. The van der Waals surface area contributed by atoms with Crippen LogP contribution < -0.4 is 9.72 Å². The maximum Gasteiger partial charge on any atom is 0.250 e.